The number of benzene rings is 3. The summed E-state index contributed by atoms with van der Waals surface area (Å²) in [6, 6.07) is 12.3. The third-order valence-corrected chi connectivity index (χ3v) is 5.73. The number of nitrogens with one attached hydrogen (secondary N) is 1. The maximum absolute atomic E-state index is 13.2. The molecule has 0 fully saturated rings. The Hall–Kier alpha value is -3.02. The van der Waals surface area contributed by atoms with Crippen molar-refractivity contribution in [2.24, 2.45) is 0 Å². The summed E-state index contributed by atoms with van der Waals surface area (Å²) in [5, 5.41) is 11.9. The maximum Gasteiger partial charge on any atom is 1.00 e. The number of fused-ring (bicyclic) bond motifs is 2. The molecule has 0 atom stereocenters. The minimum atomic E-state index is -5.09. The Kier molecular flexibility index (Phi) is 6.27. The zero-order valence-corrected chi connectivity index (χ0v) is 19.4. The molecule has 0 amide bonds. The zero-order valence-electron chi connectivity index (χ0n) is 16.6. The van der Waals surface area contributed by atoms with E-state index in [1.807, 2.05) is 0 Å². The smallest absolute Gasteiger partial charge is 0.744 e. The molecule has 1 aliphatic rings. The number of carbonyl (C=O) groups is 3. The quantitative estimate of drug-likeness (QED) is 0.205. The number of aromatic carboxylic acids is 1. The van der Waals surface area contributed by atoms with Crippen LogP contribution in [0.25, 0.3) is 0 Å². The predicted molar refractivity (Wildman–Crippen MR) is 109 cm³/mol. The molecule has 32 heavy (non-hydrogen) atoms. The number of rotatable bonds is 4. The fourth-order valence-electron chi connectivity index (χ4n) is 3.48. The number of nitrogen functional groups attached to an aromatic ring is 1. The second-order valence-corrected chi connectivity index (χ2v) is 8.10. The molecule has 3 aromatic rings. The average Bonchev–Trinajstić information content (AvgIpc) is 2.72. The minimum absolute atomic E-state index is 0. The third-order valence-electron chi connectivity index (χ3n) is 4.86. The van der Waals surface area contributed by atoms with Crippen LogP contribution in [0.3, 0.4) is 0 Å². The summed E-state index contributed by atoms with van der Waals surface area (Å²) in [5.41, 5.74) is 4.76. The van der Waals surface area contributed by atoms with E-state index in [-0.39, 0.29) is 63.2 Å². The van der Waals surface area contributed by atoms with Crippen LogP contribution in [0.2, 0.25) is 0 Å². The largest absolute Gasteiger partial charge is 1.00 e. The Labute approximate surface area is 204 Å². The van der Waals surface area contributed by atoms with Crippen molar-refractivity contribution < 1.29 is 62.0 Å². The molecule has 9 nitrogen and oxygen atoms in total. The second-order valence-electron chi connectivity index (χ2n) is 6.75. The van der Waals surface area contributed by atoms with Crippen molar-refractivity contribution in [3.05, 3.63) is 82.4 Å². The van der Waals surface area contributed by atoms with Crippen LogP contribution in [0.1, 0.15) is 42.2 Å². The zero-order chi connectivity index (χ0) is 22.5. The van der Waals surface area contributed by atoms with Crippen LogP contribution in [-0.4, -0.2) is 35.6 Å². The fraction of sp³-hybridized carbons (Fsp3) is 0. The molecule has 0 heterocycles. The number of ketones is 2. The summed E-state index contributed by atoms with van der Waals surface area (Å²) in [6.07, 6.45) is 0. The number of hydrogen-bond acceptors (Lipinski definition) is 8. The molecule has 0 aliphatic heterocycles. The average molecular weight is 460 g/mol. The molecule has 0 saturated heterocycles. The molecule has 1 aliphatic carbocycles. The Morgan fingerprint density at radius 1 is 0.938 bits per heavy atom. The van der Waals surface area contributed by atoms with Crippen LogP contribution in [0.4, 0.5) is 17.1 Å². The van der Waals surface area contributed by atoms with E-state index in [0.29, 0.717) is 0 Å². The normalized spacial score (nSPS) is 12.4. The first kappa shape index (κ1) is 23.6. The van der Waals surface area contributed by atoms with Crippen LogP contribution in [0.5, 0.6) is 0 Å². The van der Waals surface area contributed by atoms with E-state index in [1.165, 1.54) is 42.5 Å². The molecule has 156 valence electrons. The Morgan fingerprint density at radius 3 is 2.09 bits per heavy atom. The van der Waals surface area contributed by atoms with E-state index < -0.39 is 43.8 Å². The van der Waals surface area contributed by atoms with E-state index in [9.17, 15) is 32.5 Å². The van der Waals surface area contributed by atoms with Crippen molar-refractivity contribution in [2.45, 2.75) is 4.90 Å². The summed E-state index contributed by atoms with van der Waals surface area (Å²) < 4.78 is 35.4. The van der Waals surface area contributed by atoms with Crippen molar-refractivity contribution >= 4 is 44.7 Å². The van der Waals surface area contributed by atoms with Gasteiger partial charge in [0.2, 0.25) is 0 Å². The van der Waals surface area contributed by atoms with Gasteiger partial charge in [-0.25, -0.2) is 13.2 Å². The molecule has 3 aromatic carbocycles. The fourth-order valence-corrected chi connectivity index (χ4v) is 4.12. The van der Waals surface area contributed by atoms with Gasteiger partial charge in [0.25, 0.3) is 0 Å². The van der Waals surface area contributed by atoms with Gasteiger partial charge in [0.05, 0.1) is 33.0 Å². The van der Waals surface area contributed by atoms with Crippen LogP contribution < -0.4 is 40.6 Å². The molecule has 0 bridgehead atoms. The van der Waals surface area contributed by atoms with Gasteiger partial charge >= 0.3 is 35.5 Å². The molecule has 0 radical (unpaired) electrons. The van der Waals surface area contributed by atoms with Crippen molar-refractivity contribution in [1.82, 2.24) is 0 Å². The standard InChI is InChI=1S/C21H14N2O7S.Na/c22-18-15(31(28,29)30)9-14(23-11-5-3-4-10(8-11)21(26)27)16-17(18)20(25)13-7-2-1-6-12(13)19(16)24;/h1-9,23H,22H2,(H,26,27)(H,28,29,30);/q;+1/p-1. The van der Waals surface area contributed by atoms with Gasteiger partial charge in [-0.1, -0.05) is 30.3 Å². The van der Waals surface area contributed by atoms with Crippen molar-refractivity contribution in [2.75, 3.05) is 11.1 Å². The molecule has 0 saturated carbocycles. The van der Waals surface area contributed by atoms with Gasteiger partial charge in [-0.2, -0.15) is 0 Å². The van der Waals surface area contributed by atoms with Gasteiger partial charge in [-0.15, -0.1) is 0 Å². The first-order valence-corrected chi connectivity index (χ1v) is 10.2. The monoisotopic (exact) mass is 460 g/mol. The molecule has 0 aromatic heterocycles. The van der Waals surface area contributed by atoms with Gasteiger partial charge in [0.15, 0.2) is 11.6 Å². The molecule has 4 N–H and O–H groups in total. The SMILES string of the molecule is Nc1c(S(=O)(=O)[O-])cc(Nc2cccc(C(=O)O)c2)c2c1C(=O)c1ccccc1C2=O.[Na+]. The van der Waals surface area contributed by atoms with E-state index >= 15 is 0 Å². The van der Waals surface area contributed by atoms with Crippen molar-refractivity contribution in [1.29, 1.82) is 0 Å². The van der Waals surface area contributed by atoms with Crippen LogP contribution in [0, 0.1) is 0 Å². The molecule has 0 unspecified atom stereocenters. The Bertz CT molecular complexity index is 1420. The number of carboxylic acid groups (broad SMARTS) is 1. The summed E-state index contributed by atoms with van der Waals surface area (Å²) in [4.78, 5) is 36.6. The van der Waals surface area contributed by atoms with Gasteiger partial charge in [0, 0.05) is 16.8 Å². The van der Waals surface area contributed by atoms with Crippen LogP contribution >= 0.6 is 0 Å². The van der Waals surface area contributed by atoms with Gasteiger partial charge in [-0.05, 0) is 24.3 Å². The van der Waals surface area contributed by atoms with E-state index in [1.54, 1.807) is 6.07 Å². The number of carboxylic acids is 1. The van der Waals surface area contributed by atoms with E-state index in [0.717, 1.165) is 6.07 Å². The minimum Gasteiger partial charge on any atom is -0.744 e. The summed E-state index contributed by atoms with van der Waals surface area (Å²) in [5.74, 6) is -2.50. The third kappa shape index (κ3) is 3.94. The van der Waals surface area contributed by atoms with Gasteiger partial charge in [0.1, 0.15) is 10.1 Å². The van der Waals surface area contributed by atoms with Crippen LogP contribution in [0.15, 0.2) is 59.5 Å². The topological polar surface area (TPSA) is 167 Å². The van der Waals surface area contributed by atoms with Gasteiger partial charge < -0.3 is 20.7 Å². The molecule has 0 spiro atoms. The van der Waals surface area contributed by atoms with Crippen molar-refractivity contribution in [3.63, 3.8) is 0 Å². The van der Waals surface area contributed by atoms with Crippen LogP contribution in [-0.2, 0) is 10.1 Å². The second kappa shape index (κ2) is 8.49. The maximum atomic E-state index is 13.2. The van der Waals surface area contributed by atoms with Gasteiger partial charge in [-0.3, -0.25) is 9.59 Å². The Balaban J connectivity index is 0.00000289. The number of nitrogens with two attached hydrogens (primary N) is 1. The summed E-state index contributed by atoms with van der Waals surface area (Å²) in [6.45, 7) is 0. The molecule has 11 heteroatoms. The Morgan fingerprint density at radius 2 is 1.53 bits per heavy atom. The number of hydrogen-bond donors (Lipinski definition) is 3. The summed E-state index contributed by atoms with van der Waals surface area (Å²) >= 11 is 0. The predicted octanol–water partition coefficient (Wildman–Crippen LogP) is -0.606. The first-order chi connectivity index (χ1) is 14.6. The van der Waals surface area contributed by atoms with E-state index in [2.05, 4.69) is 5.32 Å². The molecule has 4 rings (SSSR count). The number of carbonyl (C=O) groups excluding carboxylic acids is 2. The molecular weight excluding hydrogens is 447 g/mol. The number of anilines is 3. The summed E-state index contributed by atoms with van der Waals surface area (Å²) in [7, 11) is -5.09. The molecular formula is C21H13N2NaO7S. The first-order valence-electron chi connectivity index (χ1n) is 8.80. The van der Waals surface area contributed by atoms with E-state index in [4.69, 9.17) is 5.73 Å². The van der Waals surface area contributed by atoms with Crippen molar-refractivity contribution in [3.8, 4) is 0 Å².